The van der Waals surface area contributed by atoms with Crippen LogP contribution in [-0.2, 0) is 4.79 Å². The van der Waals surface area contributed by atoms with E-state index in [1.165, 1.54) is 12.8 Å². The van der Waals surface area contributed by atoms with Gasteiger partial charge in [0, 0.05) is 13.0 Å². The third-order valence-corrected chi connectivity index (χ3v) is 4.90. The van der Waals surface area contributed by atoms with Crippen LogP contribution in [0.3, 0.4) is 0 Å². The van der Waals surface area contributed by atoms with Crippen LogP contribution in [0.4, 0.5) is 0 Å². The Kier molecular flexibility index (Phi) is 4.66. The summed E-state index contributed by atoms with van der Waals surface area (Å²) in [6, 6.07) is 0.0607. The lowest BCUT2D eigenvalue weighted by Gasteiger charge is -2.38. The van der Waals surface area contributed by atoms with Crippen LogP contribution >= 0.6 is 0 Å². The van der Waals surface area contributed by atoms with E-state index >= 15 is 0 Å². The first-order chi connectivity index (χ1) is 8.59. The predicted octanol–water partition coefficient (Wildman–Crippen LogP) is 2.57. The number of carbonyl (C=O) groups is 1. The third kappa shape index (κ3) is 3.05. The lowest BCUT2D eigenvalue weighted by molar-refractivity contribution is -0.141. The molecule has 2 unspecified atom stereocenters. The van der Waals surface area contributed by atoms with Crippen molar-refractivity contribution < 1.29 is 9.90 Å². The Morgan fingerprint density at radius 1 is 1.06 bits per heavy atom. The molecule has 0 spiro atoms. The monoisotopic (exact) mass is 253 g/mol. The van der Waals surface area contributed by atoms with E-state index in [4.69, 9.17) is 0 Å². The molecule has 2 atom stereocenters. The van der Waals surface area contributed by atoms with Gasteiger partial charge in [0.15, 0.2) is 0 Å². The maximum atomic E-state index is 12.5. The normalized spacial score (nSPS) is 37.3. The van der Waals surface area contributed by atoms with E-state index in [-0.39, 0.29) is 24.0 Å². The zero-order valence-corrected chi connectivity index (χ0v) is 11.8. The van der Waals surface area contributed by atoms with Crippen molar-refractivity contribution >= 4 is 5.91 Å². The van der Waals surface area contributed by atoms with E-state index in [1.807, 2.05) is 11.9 Å². The van der Waals surface area contributed by atoms with Crippen molar-refractivity contribution in [3.8, 4) is 0 Å². The molecule has 0 bridgehead atoms. The Morgan fingerprint density at radius 2 is 1.67 bits per heavy atom. The zero-order valence-electron chi connectivity index (χ0n) is 11.8. The van der Waals surface area contributed by atoms with Gasteiger partial charge in [0.1, 0.15) is 0 Å². The quantitative estimate of drug-likeness (QED) is 0.821. The Morgan fingerprint density at radius 3 is 2.28 bits per heavy atom. The smallest absolute Gasteiger partial charge is 0.225 e. The van der Waals surface area contributed by atoms with Crippen molar-refractivity contribution in [3.63, 3.8) is 0 Å². The molecule has 1 amide bonds. The second kappa shape index (κ2) is 6.05. The second-order valence-electron chi connectivity index (χ2n) is 6.33. The number of carbonyl (C=O) groups excluding carboxylic acids is 1. The van der Waals surface area contributed by atoms with Crippen molar-refractivity contribution in [2.75, 3.05) is 7.05 Å². The fourth-order valence-electron chi connectivity index (χ4n) is 3.50. The van der Waals surface area contributed by atoms with Crippen LogP contribution in [0.25, 0.3) is 0 Å². The molecular formula is C15H27NO2. The van der Waals surface area contributed by atoms with Gasteiger partial charge in [-0.1, -0.05) is 19.8 Å². The molecule has 0 radical (unpaired) electrons. The van der Waals surface area contributed by atoms with Gasteiger partial charge in [0.2, 0.25) is 5.91 Å². The largest absolute Gasteiger partial charge is 0.391 e. The molecule has 2 aliphatic carbocycles. The highest BCUT2D eigenvalue weighted by Gasteiger charge is 2.33. The molecule has 0 heterocycles. The van der Waals surface area contributed by atoms with Crippen LogP contribution in [-0.4, -0.2) is 35.1 Å². The van der Waals surface area contributed by atoms with Gasteiger partial charge >= 0.3 is 0 Å². The molecule has 2 saturated carbocycles. The molecule has 2 aliphatic rings. The molecule has 2 rings (SSSR count). The van der Waals surface area contributed by atoms with E-state index < -0.39 is 0 Å². The molecule has 0 saturated heterocycles. The van der Waals surface area contributed by atoms with Crippen molar-refractivity contribution in [3.05, 3.63) is 0 Å². The van der Waals surface area contributed by atoms with E-state index in [1.54, 1.807) is 0 Å². The van der Waals surface area contributed by atoms with E-state index in [0.29, 0.717) is 0 Å². The van der Waals surface area contributed by atoms with Crippen LogP contribution < -0.4 is 0 Å². The van der Waals surface area contributed by atoms with Gasteiger partial charge in [-0.25, -0.2) is 0 Å². The first-order valence-corrected chi connectivity index (χ1v) is 7.54. The first-order valence-electron chi connectivity index (χ1n) is 7.54. The standard InChI is InChI=1S/C15H27NO2/c1-11-7-9-12(10-8-11)15(18)16(2)13-5-3-4-6-14(13)17/h11-14,17H,3-10H2,1-2H3. The minimum atomic E-state index is -0.310. The van der Waals surface area contributed by atoms with E-state index in [0.717, 1.165) is 44.4 Å². The fraction of sp³-hybridized carbons (Fsp3) is 0.933. The Balaban J connectivity index is 1.91. The molecule has 0 aromatic heterocycles. The fourth-order valence-corrected chi connectivity index (χ4v) is 3.50. The van der Waals surface area contributed by atoms with E-state index in [9.17, 15) is 9.90 Å². The molecule has 0 aliphatic heterocycles. The summed E-state index contributed by atoms with van der Waals surface area (Å²) in [5, 5.41) is 10.0. The number of hydrogen-bond acceptors (Lipinski definition) is 2. The third-order valence-electron chi connectivity index (χ3n) is 4.90. The Hall–Kier alpha value is -0.570. The highest BCUT2D eigenvalue weighted by Crippen LogP contribution is 2.31. The maximum Gasteiger partial charge on any atom is 0.225 e. The first kappa shape index (κ1) is 13.9. The number of amides is 1. The van der Waals surface area contributed by atoms with Crippen molar-refractivity contribution in [1.82, 2.24) is 4.90 Å². The number of hydrogen-bond donors (Lipinski definition) is 1. The number of nitrogens with zero attached hydrogens (tertiary/aromatic N) is 1. The molecule has 0 aromatic rings. The number of aliphatic hydroxyl groups is 1. The average molecular weight is 253 g/mol. The highest BCUT2D eigenvalue weighted by molar-refractivity contribution is 5.79. The Labute approximate surface area is 111 Å². The summed E-state index contributed by atoms with van der Waals surface area (Å²) in [5.74, 6) is 1.26. The minimum Gasteiger partial charge on any atom is -0.391 e. The van der Waals surface area contributed by atoms with Crippen LogP contribution in [0.5, 0.6) is 0 Å². The number of rotatable bonds is 2. The maximum absolute atomic E-state index is 12.5. The van der Waals surface area contributed by atoms with Crippen molar-refractivity contribution in [2.24, 2.45) is 11.8 Å². The summed E-state index contributed by atoms with van der Waals surface area (Å²) in [6.45, 7) is 2.27. The SMILES string of the molecule is CC1CCC(C(=O)N(C)C2CCCCC2O)CC1. The van der Waals surface area contributed by atoms with Crippen LogP contribution in [0.2, 0.25) is 0 Å². The Bertz CT molecular complexity index is 284. The summed E-state index contributed by atoms with van der Waals surface area (Å²) in [5.41, 5.74) is 0. The molecular weight excluding hydrogens is 226 g/mol. The average Bonchev–Trinajstić information content (AvgIpc) is 2.38. The minimum absolute atomic E-state index is 0.0607. The zero-order chi connectivity index (χ0) is 13.1. The lowest BCUT2D eigenvalue weighted by Crippen LogP contribution is -2.48. The lowest BCUT2D eigenvalue weighted by atomic mass is 9.81. The molecule has 104 valence electrons. The molecule has 1 N–H and O–H groups in total. The van der Waals surface area contributed by atoms with Crippen LogP contribution in [0.15, 0.2) is 0 Å². The molecule has 2 fully saturated rings. The molecule has 3 heteroatoms. The van der Waals surface area contributed by atoms with Gasteiger partial charge in [-0.3, -0.25) is 4.79 Å². The molecule has 3 nitrogen and oxygen atoms in total. The molecule has 18 heavy (non-hydrogen) atoms. The van der Waals surface area contributed by atoms with Gasteiger partial charge in [0.25, 0.3) is 0 Å². The summed E-state index contributed by atoms with van der Waals surface area (Å²) >= 11 is 0. The van der Waals surface area contributed by atoms with Gasteiger partial charge in [0.05, 0.1) is 12.1 Å². The summed E-state index contributed by atoms with van der Waals surface area (Å²) < 4.78 is 0. The van der Waals surface area contributed by atoms with Gasteiger partial charge < -0.3 is 10.0 Å². The van der Waals surface area contributed by atoms with Gasteiger partial charge in [-0.15, -0.1) is 0 Å². The van der Waals surface area contributed by atoms with Crippen LogP contribution in [0, 0.1) is 11.8 Å². The van der Waals surface area contributed by atoms with E-state index in [2.05, 4.69) is 6.92 Å². The summed E-state index contributed by atoms with van der Waals surface area (Å²) in [6.07, 6.45) is 8.17. The van der Waals surface area contributed by atoms with Crippen LogP contribution in [0.1, 0.15) is 58.3 Å². The second-order valence-corrected chi connectivity index (χ2v) is 6.33. The van der Waals surface area contributed by atoms with Crippen molar-refractivity contribution in [1.29, 1.82) is 0 Å². The molecule has 0 aromatic carbocycles. The van der Waals surface area contributed by atoms with Gasteiger partial charge in [-0.05, 0) is 44.4 Å². The highest BCUT2D eigenvalue weighted by atomic mass is 16.3. The topological polar surface area (TPSA) is 40.5 Å². The number of likely N-dealkylation sites (N-methyl/N-ethyl adjacent to an activating group) is 1. The van der Waals surface area contributed by atoms with Gasteiger partial charge in [-0.2, -0.15) is 0 Å². The number of aliphatic hydroxyl groups excluding tert-OH is 1. The van der Waals surface area contributed by atoms with Crippen molar-refractivity contribution in [2.45, 2.75) is 70.4 Å². The predicted molar refractivity (Wildman–Crippen MR) is 72.2 cm³/mol. The summed E-state index contributed by atoms with van der Waals surface area (Å²) in [4.78, 5) is 14.3. The summed E-state index contributed by atoms with van der Waals surface area (Å²) in [7, 11) is 1.89.